The first-order valence-corrected chi connectivity index (χ1v) is 8.86. The molecule has 0 amide bonds. The predicted octanol–water partition coefficient (Wildman–Crippen LogP) is 3.72. The molecule has 0 heterocycles. The molecule has 0 aliphatic heterocycles. The third-order valence-corrected chi connectivity index (χ3v) is 3.44. The van der Waals surface area contributed by atoms with Crippen molar-refractivity contribution >= 4 is 18.0 Å². The van der Waals surface area contributed by atoms with E-state index in [0.29, 0.717) is 11.3 Å². The van der Waals surface area contributed by atoms with Gasteiger partial charge in [-0.25, -0.2) is 0 Å². The minimum Gasteiger partial charge on any atom is -0.507 e. The third-order valence-electron chi connectivity index (χ3n) is 3.44. The fraction of sp³-hybridized carbons (Fsp3) is 0.526. The van der Waals surface area contributed by atoms with Crippen LogP contribution >= 0.6 is 0 Å². The van der Waals surface area contributed by atoms with Crippen LogP contribution < -0.4 is 11.5 Å². The number of carbonyl (C=O) groups is 1. The maximum atomic E-state index is 10.6. The number of phenolic OH excluding ortho intramolecular Hbond substituents is 1. The van der Waals surface area contributed by atoms with Crippen LogP contribution in [0.1, 0.15) is 70.8 Å². The molecule has 0 saturated heterocycles. The number of rotatable bonds is 10. The summed E-state index contributed by atoms with van der Waals surface area (Å²) in [5.74, 6) is 0.354. The molecule has 0 aromatic heterocycles. The number of hydrogen-bond acceptors (Lipinski definition) is 4. The van der Waals surface area contributed by atoms with Crippen molar-refractivity contribution in [1.29, 1.82) is 0 Å². The van der Waals surface area contributed by atoms with E-state index in [2.05, 4.69) is 17.1 Å². The Morgan fingerprint density at radius 3 is 2.24 bits per heavy atom. The Bertz CT molecular complexity index is 538. The summed E-state index contributed by atoms with van der Waals surface area (Å²) in [6.07, 6.45) is 11.2. The van der Waals surface area contributed by atoms with E-state index in [1.165, 1.54) is 44.7 Å². The van der Waals surface area contributed by atoms with Gasteiger partial charge in [0.05, 0.1) is 6.21 Å². The summed E-state index contributed by atoms with van der Waals surface area (Å²) in [4.78, 5) is 10.6. The van der Waals surface area contributed by atoms with Crippen LogP contribution in [0.25, 0.3) is 0 Å². The van der Waals surface area contributed by atoms with Gasteiger partial charge in [-0.2, -0.15) is 5.10 Å². The van der Waals surface area contributed by atoms with E-state index in [-0.39, 0.29) is 11.7 Å². The maximum Gasteiger partial charge on any atom is 0.211 e. The molecule has 25 heavy (non-hydrogen) atoms. The zero-order valence-corrected chi connectivity index (χ0v) is 15.4. The standard InChI is InChI=1S/C11H22O.C8H10N4O/c1-3-4-5-6-7-8-9-10-11(2)12;9-8(10)12-11-5-6-3-1-2-4-7(6)13/h3-10H2,1-2H3;1-5,13H,(H4,9,10,12)/b;11-5+. The van der Waals surface area contributed by atoms with E-state index in [4.69, 9.17) is 11.5 Å². The molecule has 0 fully saturated rings. The lowest BCUT2D eigenvalue weighted by Gasteiger charge is -1.98. The Morgan fingerprint density at radius 2 is 1.68 bits per heavy atom. The molecule has 0 unspecified atom stereocenters. The van der Waals surface area contributed by atoms with Crippen molar-refractivity contribution in [2.24, 2.45) is 21.7 Å². The zero-order chi connectivity index (χ0) is 18.9. The number of aromatic hydroxyl groups is 1. The number of Topliss-reactive ketones (excluding diaryl/α,β-unsaturated/α-hetero) is 1. The van der Waals surface area contributed by atoms with Gasteiger partial charge < -0.3 is 21.4 Å². The van der Waals surface area contributed by atoms with Gasteiger partial charge in [-0.3, -0.25) is 0 Å². The number of nitrogens with two attached hydrogens (primary N) is 2. The molecule has 0 atom stereocenters. The number of carbonyl (C=O) groups excluding carboxylic acids is 1. The fourth-order valence-corrected chi connectivity index (χ4v) is 2.09. The Labute approximate surface area is 151 Å². The van der Waals surface area contributed by atoms with Crippen LogP contribution in [-0.2, 0) is 4.79 Å². The van der Waals surface area contributed by atoms with Crippen molar-refractivity contribution in [2.75, 3.05) is 0 Å². The largest absolute Gasteiger partial charge is 0.507 e. The minimum absolute atomic E-state index is 0.119. The van der Waals surface area contributed by atoms with Gasteiger partial charge in [-0.15, -0.1) is 5.10 Å². The van der Waals surface area contributed by atoms with Gasteiger partial charge in [0.15, 0.2) is 0 Å². The van der Waals surface area contributed by atoms with E-state index < -0.39 is 0 Å². The van der Waals surface area contributed by atoms with Gasteiger partial charge in [0, 0.05) is 12.0 Å². The number of para-hydroxylation sites is 1. The monoisotopic (exact) mass is 348 g/mol. The number of ketones is 1. The second-order valence-corrected chi connectivity index (χ2v) is 5.90. The van der Waals surface area contributed by atoms with Crippen molar-refractivity contribution in [3.63, 3.8) is 0 Å². The highest BCUT2D eigenvalue weighted by Gasteiger charge is 1.94. The first-order valence-electron chi connectivity index (χ1n) is 8.86. The number of hydrogen-bond donors (Lipinski definition) is 3. The lowest BCUT2D eigenvalue weighted by atomic mass is 10.1. The van der Waals surface area contributed by atoms with Crippen LogP contribution in [-0.4, -0.2) is 23.1 Å². The van der Waals surface area contributed by atoms with Gasteiger partial charge in [0.25, 0.3) is 0 Å². The van der Waals surface area contributed by atoms with Crippen LogP contribution in [0.15, 0.2) is 34.5 Å². The molecule has 0 aliphatic rings. The molecule has 0 bridgehead atoms. The Balaban J connectivity index is 0.000000463. The van der Waals surface area contributed by atoms with Crippen LogP contribution in [0.5, 0.6) is 5.75 Å². The summed E-state index contributed by atoms with van der Waals surface area (Å²) in [6, 6.07) is 6.74. The molecule has 140 valence electrons. The average molecular weight is 348 g/mol. The van der Waals surface area contributed by atoms with Crippen molar-refractivity contribution in [2.45, 2.75) is 65.2 Å². The summed E-state index contributed by atoms with van der Waals surface area (Å²) in [5.41, 5.74) is 10.7. The highest BCUT2D eigenvalue weighted by Crippen LogP contribution is 2.12. The number of phenols is 1. The Kier molecular flexibility index (Phi) is 13.7. The molecule has 5 N–H and O–H groups in total. The molecular weight excluding hydrogens is 316 g/mol. The SMILES string of the molecule is CCCCCCCCCC(C)=O.NC(N)=N/N=C/c1ccccc1O. The summed E-state index contributed by atoms with van der Waals surface area (Å²) >= 11 is 0. The van der Waals surface area contributed by atoms with Crippen LogP contribution in [0, 0.1) is 0 Å². The lowest BCUT2D eigenvalue weighted by molar-refractivity contribution is -0.117. The Hall–Kier alpha value is -2.37. The van der Waals surface area contributed by atoms with Crippen molar-refractivity contribution in [1.82, 2.24) is 0 Å². The average Bonchev–Trinajstić information content (AvgIpc) is 2.56. The smallest absolute Gasteiger partial charge is 0.211 e. The fourth-order valence-electron chi connectivity index (χ4n) is 2.09. The normalized spacial score (nSPS) is 10.2. The Morgan fingerprint density at radius 1 is 1.08 bits per heavy atom. The molecule has 1 rings (SSSR count). The molecule has 6 nitrogen and oxygen atoms in total. The summed E-state index contributed by atoms with van der Waals surface area (Å²) in [5, 5.41) is 16.2. The molecule has 0 radical (unpaired) electrons. The van der Waals surface area contributed by atoms with E-state index in [1.54, 1.807) is 31.2 Å². The number of guanidine groups is 1. The highest BCUT2D eigenvalue weighted by molar-refractivity contribution is 5.84. The van der Waals surface area contributed by atoms with Crippen LogP contribution in [0.2, 0.25) is 0 Å². The number of benzene rings is 1. The molecule has 0 spiro atoms. The molecule has 6 heteroatoms. The van der Waals surface area contributed by atoms with Crippen LogP contribution in [0.4, 0.5) is 0 Å². The highest BCUT2D eigenvalue weighted by atomic mass is 16.3. The summed E-state index contributed by atoms with van der Waals surface area (Å²) in [7, 11) is 0. The maximum absolute atomic E-state index is 10.6. The quantitative estimate of drug-likeness (QED) is 0.259. The van der Waals surface area contributed by atoms with Crippen molar-refractivity contribution < 1.29 is 9.90 Å². The molecule has 0 saturated carbocycles. The van der Waals surface area contributed by atoms with Gasteiger partial charge in [-0.1, -0.05) is 57.6 Å². The van der Waals surface area contributed by atoms with E-state index in [0.717, 1.165) is 12.8 Å². The van der Waals surface area contributed by atoms with Crippen molar-refractivity contribution in [3.8, 4) is 5.75 Å². The summed E-state index contributed by atoms with van der Waals surface area (Å²) < 4.78 is 0. The van der Waals surface area contributed by atoms with Crippen molar-refractivity contribution in [3.05, 3.63) is 29.8 Å². The first kappa shape index (κ1) is 22.6. The number of nitrogens with zero attached hydrogens (tertiary/aromatic N) is 2. The predicted molar refractivity (Wildman–Crippen MR) is 105 cm³/mol. The molecule has 1 aromatic rings. The lowest BCUT2D eigenvalue weighted by Crippen LogP contribution is -2.21. The zero-order valence-electron chi connectivity index (χ0n) is 15.4. The first-order chi connectivity index (χ1) is 12.0. The van der Waals surface area contributed by atoms with Gasteiger partial charge >= 0.3 is 0 Å². The number of unbranched alkanes of at least 4 members (excludes halogenated alkanes) is 6. The van der Waals surface area contributed by atoms with E-state index in [9.17, 15) is 9.90 Å². The molecule has 1 aromatic carbocycles. The molecular formula is C19H32N4O2. The van der Waals surface area contributed by atoms with Gasteiger partial charge in [0.1, 0.15) is 11.5 Å². The minimum atomic E-state index is -0.119. The topological polar surface area (TPSA) is 114 Å². The van der Waals surface area contributed by atoms with Gasteiger partial charge in [0.2, 0.25) is 5.96 Å². The van der Waals surface area contributed by atoms with Crippen LogP contribution in [0.3, 0.4) is 0 Å². The molecule has 0 aliphatic carbocycles. The summed E-state index contributed by atoms with van der Waals surface area (Å²) in [6.45, 7) is 3.91. The van der Waals surface area contributed by atoms with E-state index in [1.807, 2.05) is 0 Å². The second kappa shape index (κ2) is 15.2. The van der Waals surface area contributed by atoms with Gasteiger partial charge in [-0.05, 0) is 25.5 Å². The second-order valence-electron chi connectivity index (χ2n) is 5.90. The third kappa shape index (κ3) is 14.9. The van der Waals surface area contributed by atoms with E-state index >= 15 is 0 Å².